The van der Waals surface area contributed by atoms with Gasteiger partial charge >= 0.3 is 0 Å². The molecule has 1 aromatic heterocycles. The average molecular weight is 488 g/mol. The second kappa shape index (κ2) is 12.1. The molecule has 0 atom stereocenters. The number of carbonyl (C=O) groups is 1. The third-order valence-corrected chi connectivity index (χ3v) is 6.34. The van der Waals surface area contributed by atoms with Crippen molar-refractivity contribution >= 4 is 23.4 Å². The number of para-hydroxylation sites is 2. The topological polar surface area (TPSA) is 81.1 Å². The lowest BCUT2D eigenvalue weighted by Crippen LogP contribution is -2.23. The Hall–Kier alpha value is -3.78. The summed E-state index contributed by atoms with van der Waals surface area (Å²) in [6.07, 6.45) is 0.373. The molecule has 1 heterocycles. The van der Waals surface area contributed by atoms with Crippen molar-refractivity contribution in [2.75, 3.05) is 18.2 Å². The number of nitrogens with zero attached hydrogens (tertiary/aromatic N) is 3. The number of nitrogens with one attached hydrogen (secondary N) is 2. The number of hydrogen-bond donors (Lipinski definition) is 2. The molecular weight excluding hydrogens is 458 g/mol. The predicted octanol–water partition coefficient (Wildman–Crippen LogP) is 5.00. The molecule has 35 heavy (non-hydrogen) atoms. The van der Waals surface area contributed by atoms with Crippen LogP contribution in [0.15, 0.2) is 84.0 Å². The van der Waals surface area contributed by atoms with Gasteiger partial charge in [-0.1, -0.05) is 60.3 Å². The van der Waals surface area contributed by atoms with Gasteiger partial charge in [0.15, 0.2) is 11.0 Å². The zero-order valence-electron chi connectivity index (χ0n) is 19.9. The van der Waals surface area contributed by atoms with Gasteiger partial charge in [0.25, 0.3) is 0 Å². The van der Waals surface area contributed by atoms with Crippen LogP contribution in [0.4, 0.5) is 5.69 Å². The number of amides is 1. The van der Waals surface area contributed by atoms with Crippen molar-refractivity contribution in [2.24, 2.45) is 0 Å². The molecule has 2 N–H and O–H groups in total. The summed E-state index contributed by atoms with van der Waals surface area (Å²) in [5, 5.41) is 16.0. The van der Waals surface area contributed by atoms with Crippen molar-refractivity contribution in [3.05, 3.63) is 95.8 Å². The monoisotopic (exact) mass is 487 g/mol. The molecule has 0 fully saturated rings. The Kier molecular flexibility index (Phi) is 8.40. The van der Waals surface area contributed by atoms with E-state index in [2.05, 4.69) is 39.9 Å². The number of aryl methyl sites for hydroxylation is 1. The van der Waals surface area contributed by atoms with E-state index in [9.17, 15) is 4.79 Å². The zero-order valence-corrected chi connectivity index (χ0v) is 20.7. The zero-order chi connectivity index (χ0) is 24.5. The summed E-state index contributed by atoms with van der Waals surface area (Å²) in [5.74, 6) is 2.15. The molecule has 8 heteroatoms. The van der Waals surface area contributed by atoms with Crippen LogP contribution in [0.3, 0.4) is 0 Å². The third-order valence-electron chi connectivity index (χ3n) is 5.41. The maximum atomic E-state index is 12.4. The Labute approximate surface area is 209 Å². The normalized spacial score (nSPS) is 10.7. The van der Waals surface area contributed by atoms with E-state index in [1.54, 1.807) is 7.11 Å². The number of methoxy groups -OCH3 is 1. The molecule has 0 saturated carbocycles. The average Bonchev–Trinajstić information content (AvgIpc) is 3.29. The van der Waals surface area contributed by atoms with Gasteiger partial charge in [0.05, 0.1) is 13.7 Å². The first-order valence-electron chi connectivity index (χ1n) is 11.5. The predicted molar refractivity (Wildman–Crippen MR) is 140 cm³/mol. The Balaban J connectivity index is 1.38. The number of hydrogen-bond acceptors (Lipinski definition) is 6. The first kappa shape index (κ1) is 24.3. The number of carbonyl (C=O) groups excluding carboxylic acids is 1. The lowest BCUT2D eigenvalue weighted by Gasteiger charge is -2.12. The van der Waals surface area contributed by atoms with Crippen molar-refractivity contribution < 1.29 is 9.53 Å². The standard InChI is InChI=1S/C27H29N5O2S/c1-20-9-8-11-22(17-20)28-19-25-30-31-27(32(25)23-12-4-3-5-13-23)35-16-15-26(33)29-18-21-10-6-7-14-24(21)34-2/h3-14,17,28H,15-16,18-19H2,1-2H3,(H,29,33). The number of benzene rings is 3. The number of thioether (sulfide) groups is 1. The summed E-state index contributed by atoms with van der Waals surface area (Å²) in [7, 11) is 1.63. The van der Waals surface area contributed by atoms with Crippen molar-refractivity contribution in [3.8, 4) is 11.4 Å². The molecule has 0 aliphatic carbocycles. The van der Waals surface area contributed by atoms with E-state index in [-0.39, 0.29) is 5.91 Å². The van der Waals surface area contributed by atoms with Gasteiger partial charge in [0, 0.05) is 35.7 Å². The highest BCUT2D eigenvalue weighted by atomic mass is 32.2. The maximum Gasteiger partial charge on any atom is 0.221 e. The number of anilines is 1. The van der Waals surface area contributed by atoms with Gasteiger partial charge in [0.1, 0.15) is 5.75 Å². The Bertz CT molecular complexity index is 1260. The highest BCUT2D eigenvalue weighted by molar-refractivity contribution is 7.99. The van der Waals surface area contributed by atoms with Gasteiger partial charge in [-0.05, 0) is 42.8 Å². The van der Waals surface area contributed by atoms with E-state index in [0.29, 0.717) is 25.3 Å². The van der Waals surface area contributed by atoms with Crippen LogP contribution in [0.5, 0.6) is 5.75 Å². The van der Waals surface area contributed by atoms with Crippen LogP contribution in [0.1, 0.15) is 23.4 Å². The fraction of sp³-hybridized carbons (Fsp3) is 0.222. The summed E-state index contributed by atoms with van der Waals surface area (Å²) in [4.78, 5) is 12.4. The lowest BCUT2D eigenvalue weighted by atomic mass is 10.2. The van der Waals surface area contributed by atoms with Crippen LogP contribution >= 0.6 is 11.8 Å². The van der Waals surface area contributed by atoms with Crippen LogP contribution < -0.4 is 15.4 Å². The van der Waals surface area contributed by atoms with Gasteiger partial charge in [-0.25, -0.2) is 0 Å². The van der Waals surface area contributed by atoms with E-state index in [1.807, 2.05) is 71.3 Å². The van der Waals surface area contributed by atoms with Crippen LogP contribution in [-0.4, -0.2) is 33.5 Å². The highest BCUT2D eigenvalue weighted by Crippen LogP contribution is 2.23. The van der Waals surface area contributed by atoms with Crippen molar-refractivity contribution in [3.63, 3.8) is 0 Å². The van der Waals surface area contributed by atoms with Crippen LogP contribution in [0.2, 0.25) is 0 Å². The molecule has 0 bridgehead atoms. The second-order valence-electron chi connectivity index (χ2n) is 7.98. The molecule has 0 radical (unpaired) electrons. The van der Waals surface area contributed by atoms with E-state index in [1.165, 1.54) is 17.3 Å². The highest BCUT2D eigenvalue weighted by Gasteiger charge is 2.15. The Morgan fingerprint density at radius 2 is 1.77 bits per heavy atom. The smallest absolute Gasteiger partial charge is 0.221 e. The van der Waals surface area contributed by atoms with Crippen LogP contribution in [-0.2, 0) is 17.9 Å². The molecule has 3 aromatic carbocycles. The third kappa shape index (κ3) is 6.64. The van der Waals surface area contributed by atoms with Gasteiger partial charge in [0.2, 0.25) is 5.91 Å². The molecule has 4 rings (SSSR count). The maximum absolute atomic E-state index is 12.4. The summed E-state index contributed by atoms with van der Waals surface area (Å²) < 4.78 is 7.39. The Morgan fingerprint density at radius 3 is 2.57 bits per heavy atom. The van der Waals surface area contributed by atoms with E-state index < -0.39 is 0 Å². The minimum atomic E-state index is -0.0180. The van der Waals surface area contributed by atoms with E-state index in [4.69, 9.17) is 4.74 Å². The van der Waals surface area contributed by atoms with Crippen LogP contribution in [0.25, 0.3) is 5.69 Å². The van der Waals surface area contributed by atoms with Crippen LogP contribution in [0, 0.1) is 6.92 Å². The summed E-state index contributed by atoms with van der Waals surface area (Å²) in [6.45, 7) is 3.03. The van der Waals surface area contributed by atoms with Crippen molar-refractivity contribution in [1.29, 1.82) is 0 Å². The largest absolute Gasteiger partial charge is 0.496 e. The molecule has 4 aromatic rings. The number of ether oxygens (including phenoxy) is 1. The number of rotatable bonds is 11. The van der Waals surface area contributed by atoms with Gasteiger partial charge in [-0.2, -0.15) is 0 Å². The van der Waals surface area contributed by atoms with Gasteiger partial charge in [-0.15, -0.1) is 10.2 Å². The first-order valence-corrected chi connectivity index (χ1v) is 12.4. The molecule has 1 amide bonds. The van der Waals surface area contributed by atoms with E-state index >= 15 is 0 Å². The molecule has 0 aliphatic rings. The fourth-order valence-electron chi connectivity index (χ4n) is 3.65. The summed E-state index contributed by atoms with van der Waals surface area (Å²) >= 11 is 1.52. The fourth-order valence-corrected chi connectivity index (χ4v) is 4.56. The lowest BCUT2D eigenvalue weighted by molar-refractivity contribution is -0.120. The quantitative estimate of drug-likeness (QED) is 0.290. The number of aromatic nitrogens is 3. The molecule has 0 saturated heterocycles. The summed E-state index contributed by atoms with van der Waals surface area (Å²) in [6, 6.07) is 25.9. The van der Waals surface area contributed by atoms with Gasteiger partial charge < -0.3 is 15.4 Å². The molecule has 0 spiro atoms. The van der Waals surface area contributed by atoms with Crippen molar-refractivity contribution in [1.82, 2.24) is 20.1 Å². The summed E-state index contributed by atoms with van der Waals surface area (Å²) in [5.41, 5.74) is 4.17. The van der Waals surface area contributed by atoms with Crippen molar-refractivity contribution in [2.45, 2.75) is 31.6 Å². The second-order valence-corrected chi connectivity index (χ2v) is 9.04. The molecule has 0 aliphatic heterocycles. The minimum Gasteiger partial charge on any atom is -0.496 e. The molecule has 180 valence electrons. The molecular formula is C27H29N5O2S. The molecule has 7 nitrogen and oxygen atoms in total. The van der Waals surface area contributed by atoms with Gasteiger partial charge in [-0.3, -0.25) is 9.36 Å². The Morgan fingerprint density at radius 1 is 0.971 bits per heavy atom. The van der Waals surface area contributed by atoms with E-state index in [0.717, 1.165) is 33.7 Å². The molecule has 0 unspecified atom stereocenters. The first-order chi connectivity index (χ1) is 17.1. The minimum absolute atomic E-state index is 0.0180. The SMILES string of the molecule is COc1ccccc1CNC(=O)CCSc1nnc(CNc2cccc(C)c2)n1-c1ccccc1.